The van der Waals surface area contributed by atoms with Crippen LogP contribution in [0.3, 0.4) is 0 Å². The van der Waals surface area contributed by atoms with Gasteiger partial charge < -0.3 is 0 Å². The third kappa shape index (κ3) is 3.10. The fourth-order valence-electron chi connectivity index (χ4n) is 1.27. The van der Waals surface area contributed by atoms with Crippen molar-refractivity contribution in [3.05, 3.63) is 30.3 Å². The van der Waals surface area contributed by atoms with Crippen LogP contribution in [0, 0.1) is 0 Å². The molecule has 0 saturated heterocycles. The summed E-state index contributed by atoms with van der Waals surface area (Å²) in [6.07, 6.45) is 2.29. The van der Waals surface area contributed by atoms with E-state index in [-0.39, 0.29) is 0 Å². The SMILES string of the molecule is CCCCP(O)(Cl)(Cl)c1ccccc1. The van der Waals surface area contributed by atoms with Crippen LogP contribution >= 0.6 is 28.0 Å². The summed E-state index contributed by atoms with van der Waals surface area (Å²) >= 11 is 12.3. The second kappa shape index (κ2) is 4.37. The van der Waals surface area contributed by atoms with Gasteiger partial charge in [0.05, 0.1) is 0 Å². The molecule has 0 aliphatic heterocycles. The van der Waals surface area contributed by atoms with Crippen LogP contribution in [-0.4, -0.2) is 11.1 Å². The monoisotopic (exact) mass is 252 g/mol. The van der Waals surface area contributed by atoms with Gasteiger partial charge in [-0.1, -0.05) is 0 Å². The second-order valence-corrected chi connectivity index (χ2v) is 11.3. The number of rotatable bonds is 4. The van der Waals surface area contributed by atoms with Crippen LogP contribution in [0.25, 0.3) is 0 Å². The van der Waals surface area contributed by atoms with Crippen LogP contribution in [0.4, 0.5) is 0 Å². The van der Waals surface area contributed by atoms with Crippen molar-refractivity contribution in [1.82, 2.24) is 0 Å². The van der Waals surface area contributed by atoms with Crippen LogP contribution in [0.15, 0.2) is 30.3 Å². The molecule has 0 amide bonds. The molecular formula is C10H15Cl2OP. The molecule has 0 unspecified atom stereocenters. The Kier molecular flexibility index (Phi) is 3.82. The number of benzene rings is 1. The third-order valence-corrected chi connectivity index (χ3v) is 6.69. The van der Waals surface area contributed by atoms with Crippen LogP contribution < -0.4 is 5.30 Å². The fourth-order valence-corrected chi connectivity index (χ4v) is 4.52. The molecule has 1 N–H and O–H groups in total. The summed E-state index contributed by atoms with van der Waals surface area (Å²) in [5.41, 5.74) is -3.62. The predicted octanol–water partition coefficient (Wildman–Crippen LogP) is 3.88. The molecule has 0 radical (unpaired) electrons. The van der Waals surface area contributed by atoms with Crippen molar-refractivity contribution in [1.29, 1.82) is 0 Å². The van der Waals surface area contributed by atoms with Gasteiger partial charge in [0, 0.05) is 0 Å². The molecule has 0 atom stereocenters. The minimum absolute atomic E-state index is 0.467. The van der Waals surface area contributed by atoms with Gasteiger partial charge in [0.1, 0.15) is 0 Å². The summed E-state index contributed by atoms with van der Waals surface area (Å²) in [4.78, 5) is 10.2. The van der Waals surface area contributed by atoms with E-state index < -0.39 is 5.54 Å². The second-order valence-electron chi connectivity index (χ2n) is 3.44. The molecule has 1 aromatic rings. The maximum absolute atomic E-state index is 10.2. The van der Waals surface area contributed by atoms with Crippen molar-refractivity contribution in [2.75, 3.05) is 6.16 Å². The van der Waals surface area contributed by atoms with Gasteiger partial charge in [-0.15, -0.1) is 0 Å². The normalized spacial score (nSPS) is 14.7. The van der Waals surface area contributed by atoms with E-state index in [4.69, 9.17) is 22.5 Å². The van der Waals surface area contributed by atoms with Gasteiger partial charge in [-0.05, 0) is 0 Å². The van der Waals surface area contributed by atoms with E-state index >= 15 is 0 Å². The van der Waals surface area contributed by atoms with Crippen molar-refractivity contribution in [3.63, 3.8) is 0 Å². The van der Waals surface area contributed by atoms with Crippen molar-refractivity contribution < 1.29 is 4.89 Å². The molecule has 1 aromatic carbocycles. The van der Waals surface area contributed by atoms with E-state index in [0.717, 1.165) is 12.8 Å². The predicted molar refractivity (Wildman–Crippen MR) is 66.7 cm³/mol. The molecule has 0 fully saturated rings. The van der Waals surface area contributed by atoms with Gasteiger partial charge in [0.15, 0.2) is 0 Å². The molecule has 0 aliphatic rings. The molecule has 0 saturated carbocycles. The summed E-state index contributed by atoms with van der Waals surface area (Å²) in [5.74, 6) is 0. The third-order valence-electron chi connectivity index (χ3n) is 2.14. The van der Waals surface area contributed by atoms with Gasteiger partial charge in [-0.3, -0.25) is 0 Å². The summed E-state index contributed by atoms with van der Waals surface area (Å²) in [7, 11) is 0. The molecule has 0 bridgehead atoms. The molecule has 4 heteroatoms. The van der Waals surface area contributed by atoms with E-state index in [2.05, 4.69) is 0 Å². The van der Waals surface area contributed by atoms with E-state index in [1.807, 2.05) is 25.1 Å². The maximum atomic E-state index is 10.2. The summed E-state index contributed by atoms with van der Waals surface area (Å²) in [6.45, 7) is 2.05. The standard InChI is InChI=1S/C10H15Cl2OP/c1-2-3-9-14(11,12,13)10-7-5-4-6-8-10/h4-8,13H,2-3,9H2,1H3. The first-order chi connectivity index (χ1) is 6.44. The van der Waals surface area contributed by atoms with Gasteiger partial charge in [0.2, 0.25) is 0 Å². The molecule has 1 nitrogen and oxygen atoms in total. The van der Waals surface area contributed by atoms with E-state index in [9.17, 15) is 4.89 Å². The first-order valence-electron chi connectivity index (χ1n) is 4.70. The Bertz CT molecular complexity index is 292. The van der Waals surface area contributed by atoms with E-state index in [1.54, 1.807) is 12.1 Å². The molecule has 14 heavy (non-hydrogen) atoms. The summed E-state index contributed by atoms with van der Waals surface area (Å²) in [6, 6.07) is 9.12. The molecule has 0 aliphatic carbocycles. The Morgan fingerprint density at radius 2 is 1.79 bits per heavy atom. The van der Waals surface area contributed by atoms with Crippen molar-refractivity contribution in [3.8, 4) is 0 Å². The number of unbranched alkanes of at least 4 members (excludes halogenated alkanes) is 1. The Labute approximate surface area is 94.6 Å². The van der Waals surface area contributed by atoms with Crippen molar-refractivity contribution in [2.24, 2.45) is 0 Å². The van der Waals surface area contributed by atoms with Crippen LogP contribution in [0.2, 0.25) is 0 Å². The van der Waals surface area contributed by atoms with E-state index in [1.165, 1.54) is 0 Å². The van der Waals surface area contributed by atoms with Gasteiger partial charge in [0.25, 0.3) is 0 Å². The molecular weight excluding hydrogens is 238 g/mol. The number of halogens is 2. The van der Waals surface area contributed by atoms with Crippen LogP contribution in [-0.2, 0) is 0 Å². The average molecular weight is 253 g/mol. The molecule has 1 rings (SSSR count). The van der Waals surface area contributed by atoms with Crippen molar-refractivity contribution >= 4 is 33.3 Å². The number of hydrogen-bond acceptors (Lipinski definition) is 1. The van der Waals surface area contributed by atoms with Gasteiger partial charge in [-0.25, -0.2) is 0 Å². The topological polar surface area (TPSA) is 20.2 Å². The molecule has 0 spiro atoms. The fraction of sp³-hybridized carbons (Fsp3) is 0.400. The Morgan fingerprint density at radius 3 is 2.29 bits per heavy atom. The zero-order valence-electron chi connectivity index (χ0n) is 8.16. The van der Waals surface area contributed by atoms with Crippen LogP contribution in [0.1, 0.15) is 19.8 Å². The quantitative estimate of drug-likeness (QED) is 0.807. The van der Waals surface area contributed by atoms with Crippen molar-refractivity contribution in [2.45, 2.75) is 19.8 Å². The first-order valence-corrected chi connectivity index (χ1v) is 8.88. The van der Waals surface area contributed by atoms with E-state index in [0.29, 0.717) is 11.5 Å². The molecule has 0 heterocycles. The molecule has 80 valence electrons. The van der Waals surface area contributed by atoms with Crippen LogP contribution in [0.5, 0.6) is 0 Å². The zero-order chi connectivity index (χ0) is 10.7. The summed E-state index contributed by atoms with van der Waals surface area (Å²) in [5, 5.41) is 0.662. The number of hydrogen-bond donors (Lipinski definition) is 1. The van der Waals surface area contributed by atoms with Gasteiger partial charge in [-0.2, -0.15) is 0 Å². The Morgan fingerprint density at radius 1 is 1.21 bits per heavy atom. The zero-order valence-corrected chi connectivity index (χ0v) is 10.6. The first kappa shape index (κ1) is 12.3. The average Bonchev–Trinajstić information content (AvgIpc) is 2.16. The summed E-state index contributed by atoms with van der Waals surface area (Å²) < 4.78 is 0. The Hall–Kier alpha value is 0.190. The minimum atomic E-state index is -3.62. The van der Waals surface area contributed by atoms with Gasteiger partial charge >= 0.3 is 94.5 Å². The Balaban J connectivity index is 2.92. The molecule has 0 aromatic heterocycles.